The third kappa shape index (κ3) is 3.88. The molecule has 2 aromatic carbocycles. The number of aliphatic hydroxyl groups excluding tert-OH is 1. The van der Waals surface area contributed by atoms with Crippen molar-refractivity contribution in [3.8, 4) is 5.69 Å². The van der Waals surface area contributed by atoms with E-state index >= 15 is 0 Å². The lowest BCUT2D eigenvalue weighted by atomic mass is 10.1. The summed E-state index contributed by atoms with van der Waals surface area (Å²) in [6, 6.07) is 16.9. The first-order valence-corrected chi connectivity index (χ1v) is 7.83. The van der Waals surface area contributed by atoms with Crippen LogP contribution in [0, 0.1) is 0 Å². The summed E-state index contributed by atoms with van der Waals surface area (Å²) in [5.74, 6) is -0.0889. The van der Waals surface area contributed by atoms with Gasteiger partial charge >= 0.3 is 0 Å². The number of amides is 1. The van der Waals surface area contributed by atoms with Crippen LogP contribution in [0.5, 0.6) is 0 Å². The lowest BCUT2D eigenvalue weighted by Crippen LogP contribution is -2.25. The van der Waals surface area contributed by atoms with Crippen LogP contribution < -0.4 is 5.32 Å². The summed E-state index contributed by atoms with van der Waals surface area (Å²) >= 11 is 0. The van der Waals surface area contributed by atoms with Gasteiger partial charge < -0.3 is 10.4 Å². The summed E-state index contributed by atoms with van der Waals surface area (Å²) in [7, 11) is 0. The highest BCUT2D eigenvalue weighted by Gasteiger charge is 2.05. The third-order valence-electron chi connectivity index (χ3n) is 3.80. The van der Waals surface area contributed by atoms with Crippen LogP contribution in [0.1, 0.15) is 21.5 Å². The Labute approximate surface area is 140 Å². The van der Waals surface area contributed by atoms with E-state index in [2.05, 4.69) is 10.4 Å². The second kappa shape index (κ2) is 7.57. The molecule has 3 rings (SSSR count). The molecule has 122 valence electrons. The van der Waals surface area contributed by atoms with Crippen LogP contribution in [0.4, 0.5) is 0 Å². The normalized spacial score (nSPS) is 10.5. The van der Waals surface area contributed by atoms with Gasteiger partial charge in [-0.3, -0.25) is 4.79 Å². The van der Waals surface area contributed by atoms with Crippen LogP contribution in [0.3, 0.4) is 0 Å². The van der Waals surface area contributed by atoms with Gasteiger partial charge in [0, 0.05) is 24.5 Å². The van der Waals surface area contributed by atoms with Crippen molar-refractivity contribution in [2.24, 2.45) is 0 Å². The van der Waals surface area contributed by atoms with E-state index in [1.54, 1.807) is 23.0 Å². The average Bonchev–Trinajstić information content (AvgIpc) is 3.17. The molecule has 5 nitrogen and oxygen atoms in total. The largest absolute Gasteiger partial charge is 0.392 e. The Morgan fingerprint density at radius 2 is 1.75 bits per heavy atom. The smallest absolute Gasteiger partial charge is 0.251 e. The molecule has 0 aliphatic rings. The molecule has 0 fully saturated rings. The van der Waals surface area contributed by atoms with Gasteiger partial charge in [-0.2, -0.15) is 5.10 Å². The monoisotopic (exact) mass is 321 g/mol. The van der Waals surface area contributed by atoms with Crippen molar-refractivity contribution in [3.63, 3.8) is 0 Å². The summed E-state index contributed by atoms with van der Waals surface area (Å²) in [5, 5.41) is 16.1. The standard InChI is InChI=1S/C19H19N3O2/c23-14-16-4-2-15(3-5-16)10-12-20-19(24)17-6-8-18(9-7-17)22-13-1-11-21-22/h1-9,11,13,23H,10,12,14H2,(H,20,24). The van der Waals surface area contributed by atoms with Gasteiger partial charge in [0.05, 0.1) is 12.3 Å². The predicted molar refractivity (Wildman–Crippen MR) is 92.0 cm³/mol. The first-order chi connectivity index (χ1) is 11.8. The molecule has 1 amide bonds. The van der Waals surface area contributed by atoms with E-state index in [9.17, 15) is 4.79 Å². The zero-order chi connectivity index (χ0) is 16.8. The maximum atomic E-state index is 12.2. The Bertz CT molecular complexity index is 778. The van der Waals surface area contributed by atoms with E-state index in [-0.39, 0.29) is 12.5 Å². The molecule has 0 saturated carbocycles. The maximum Gasteiger partial charge on any atom is 0.251 e. The number of rotatable bonds is 6. The minimum atomic E-state index is -0.0889. The van der Waals surface area contributed by atoms with Crippen molar-refractivity contribution in [1.82, 2.24) is 15.1 Å². The summed E-state index contributed by atoms with van der Waals surface area (Å²) in [6.45, 7) is 0.615. The molecule has 0 saturated heterocycles. The maximum absolute atomic E-state index is 12.2. The molecule has 2 N–H and O–H groups in total. The second-order valence-corrected chi connectivity index (χ2v) is 5.48. The number of hydrogen-bond donors (Lipinski definition) is 2. The van der Waals surface area contributed by atoms with E-state index in [4.69, 9.17) is 5.11 Å². The quantitative estimate of drug-likeness (QED) is 0.732. The van der Waals surface area contributed by atoms with Crippen molar-refractivity contribution >= 4 is 5.91 Å². The van der Waals surface area contributed by atoms with Crippen LogP contribution >= 0.6 is 0 Å². The van der Waals surface area contributed by atoms with Gasteiger partial charge in [0.1, 0.15) is 0 Å². The molecule has 0 spiro atoms. The Morgan fingerprint density at radius 1 is 1.04 bits per heavy atom. The first-order valence-electron chi connectivity index (χ1n) is 7.83. The van der Waals surface area contributed by atoms with Crippen LogP contribution in [-0.2, 0) is 13.0 Å². The molecule has 1 heterocycles. The minimum Gasteiger partial charge on any atom is -0.392 e. The second-order valence-electron chi connectivity index (χ2n) is 5.48. The fourth-order valence-electron chi connectivity index (χ4n) is 2.42. The molecule has 24 heavy (non-hydrogen) atoms. The molecular weight excluding hydrogens is 302 g/mol. The van der Waals surface area contributed by atoms with Crippen LogP contribution in [0.2, 0.25) is 0 Å². The van der Waals surface area contributed by atoms with Crippen molar-refractivity contribution in [1.29, 1.82) is 0 Å². The summed E-state index contributed by atoms with van der Waals surface area (Å²) in [5.41, 5.74) is 3.56. The SMILES string of the molecule is O=C(NCCc1ccc(CO)cc1)c1ccc(-n2cccn2)cc1. The number of aliphatic hydroxyl groups is 1. The minimum absolute atomic E-state index is 0.0472. The summed E-state index contributed by atoms with van der Waals surface area (Å²) in [6.07, 6.45) is 4.33. The molecule has 5 heteroatoms. The zero-order valence-corrected chi connectivity index (χ0v) is 13.2. The molecule has 0 aliphatic heterocycles. The van der Waals surface area contributed by atoms with Gasteiger partial charge in [-0.25, -0.2) is 4.68 Å². The molecule has 0 bridgehead atoms. The molecule has 1 aromatic heterocycles. The Kier molecular flexibility index (Phi) is 5.03. The molecule has 0 atom stereocenters. The fraction of sp³-hybridized carbons (Fsp3) is 0.158. The predicted octanol–water partition coefficient (Wildman–Crippen LogP) is 2.34. The van der Waals surface area contributed by atoms with E-state index in [1.165, 1.54) is 0 Å². The first kappa shape index (κ1) is 16.0. The summed E-state index contributed by atoms with van der Waals surface area (Å²) in [4.78, 5) is 12.2. The number of aromatic nitrogens is 2. The van der Waals surface area contributed by atoms with Crippen LogP contribution in [0.15, 0.2) is 67.0 Å². The van der Waals surface area contributed by atoms with Crippen LogP contribution in [-0.4, -0.2) is 27.3 Å². The lowest BCUT2D eigenvalue weighted by molar-refractivity contribution is 0.0954. The number of carbonyl (C=O) groups is 1. The van der Waals surface area contributed by atoms with E-state index in [0.29, 0.717) is 12.1 Å². The topological polar surface area (TPSA) is 67.2 Å². The Hall–Kier alpha value is -2.92. The lowest BCUT2D eigenvalue weighted by Gasteiger charge is -2.07. The number of nitrogens with zero attached hydrogens (tertiary/aromatic N) is 2. The van der Waals surface area contributed by atoms with Crippen molar-refractivity contribution in [2.75, 3.05) is 6.54 Å². The Morgan fingerprint density at radius 3 is 2.38 bits per heavy atom. The van der Waals surface area contributed by atoms with Gasteiger partial charge in [-0.05, 0) is 47.9 Å². The number of benzene rings is 2. The van der Waals surface area contributed by atoms with Gasteiger partial charge in [0.2, 0.25) is 0 Å². The van der Waals surface area contributed by atoms with Crippen LogP contribution in [0.25, 0.3) is 5.69 Å². The molecule has 0 unspecified atom stereocenters. The third-order valence-corrected chi connectivity index (χ3v) is 3.80. The molecule has 0 aliphatic carbocycles. The summed E-state index contributed by atoms with van der Waals surface area (Å²) < 4.78 is 1.75. The highest BCUT2D eigenvalue weighted by Crippen LogP contribution is 2.09. The van der Waals surface area contributed by atoms with E-state index in [1.807, 2.05) is 48.7 Å². The molecular formula is C19H19N3O2. The van der Waals surface area contributed by atoms with Gasteiger partial charge in [0.25, 0.3) is 5.91 Å². The molecule has 0 radical (unpaired) electrons. The average molecular weight is 321 g/mol. The number of hydrogen-bond acceptors (Lipinski definition) is 3. The van der Waals surface area contributed by atoms with Gasteiger partial charge in [-0.15, -0.1) is 0 Å². The fourth-order valence-corrected chi connectivity index (χ4v) is 2.42. The highest BCUT2D eigenvalue weighted by molar-refractivity contribution is 5.94. The van der Waals surface area contributed by atoms with Gasteiger partial charge in [-0.1, -0.05) is 24.3 Å². The van der Waals surface area contributed by atoms with Crippen molar-refractivity contribution in [2.45, 2.75) is 13.0 Å². The van der Waals surface area contributed by atoms with Gasteiger partial charge in [0.15, 0.2) is 0 Å². The van der Waals surface area contributed by atoms with Crippen molar-refractivity contribution in [3.05, 3.63) is 83.7 Å². The van der Waals surface area contributed by atoms with Crippen molar-refractivity contribution < 1.29 is 9.90 Å². The highest BCUT2D eigenvalue weighted by atomic mass is 16.3. The number of carbonyl (C=O) groups excluding carboxylic acids is 1. The molecule has 3 aromatic rings. The Balaban J connectivity index is 1.53. The van der Waals surface area contributed by atoms with E-state index in [0.717, 1.165) is 23.2 Å². The number of nitrogens with one attached hydrogen (secondary N) is 1. The van der Waals surface area contributed by atoms with E-state index < -0.39 is 0 Å². The zero-order valence-electron chi connectivity index (χ0n) is 13.2.